The molecule has 8 heteroatoms. The molecular weight excluding hydrogens is 411 g/mol. The van der Waals surface area contributed by atoms with E-state index in [-0.39, 0.29) is 5.69 Å². The van der Waals surface area contributed by atoms with Gasteiger partial charge in [-0.05, 0) is 42.3 Å². The van der Waals surface area contributed by atoms with Crippen molar-refractivity contribution in [1.29, 1.82) is 0 Å². The van der Waals surface area contributed by atoms with Crippen LogP contribution in [0.15, 0.2) is 65.2 Å². The van der Waals surface area contributed by atoms with Crippen LogP contribution in [0.3, 0.4) is 0 Å². The summed E-state index contributed by atoms with van der Waals surface area (Å²) >= 11 is 0. The fraction of sp³-hybridized carbons (Fsp3) is 0.167. The highest BCUT2D eigenvalue weighted by Crippen LogP contribution is 2.33. The molecule has 0 aliphatic heterocycles. The molecule has 2 heterocycles. The maximum Gasteiger partial charge on any atom is 0.274 e. The predicted molar refractivity (Wildman–Crippen MR) is 118 cm³/mol. The average molecular weight is 432 g/mol. The average Bonchev–Trinajstić information content (AvgIpc) is 3.29. The van der Waals surface area contributed by atoms with Crippen LogP contribution in [0, 0.1) is 5.95 Å². The van der Waals surface area contributed by atoms with Gasteiger partial charge in [-0.25, -0.2) is 4.98 Å². The molecule has 0 unspecified atom stereocenters. The van der Waals surface area contributed by atoms with Crippen LogP contribution < -0.4 is 10.1 Å². The third-order valence-electron chi connectivity index (χ3n) is 4.84. The smallest absolute Gasteiger partial charge is 0.274 e. The number of hydrogen-bond acceptors (Lipinski definition) is 6. The summed E-state index contributed by atoms with van der Waals surface area (Å²) in [5.74, 6) is -0.00892. The lowest BCUT2D eigenvalue weighted by Gasteiger charge is -2.09. The van der Waals surface area contributed by atoms with Gasteiger partial charge in [0.05, 0.1) is 12.7 Å². The van der Waals surface area contributed by atoms with Crippen LogP contribution in [0.25, 0.3) is 22.8 Å². The van der Waals surface area contributed by atoms with E-state index in [9.17, 15) is 9.18 Å². The number of hydrogen-bond donors (Lipinski definition) is 1. The highest BCUT2D eigenvalue weighted by atomic mass is 19.1. The Kier molecular flexibility index (Phi) is 6.21. The lowest BCUT2D eigenvalue weighted by atomic mass is 10.0. The fourth-order valence-corrected chi connectivity index (χ4v) is 3.34. The van der Waals surface area contributed by atoms with E-state index < -0.39 is 11.9 Å². The minimum atomic E-state index is -0.723. The summed E-state index contributed by atoms with van der Waals surface area (Å²) in [5, 5.41) is 6.79. The third kappa shape index (κ3) is 4.49. The Balaban J connectivity index is 1.60. The Bertz CT molecular complexity index is 1260. The lowest BCUT2D eigenvalue weighted by molar-refractivity contribution is 0.102. The topological polar surface area (TPSA) is 90.1 Å². The van der Waals surface area contributed by atoms with Gasteiger partial charge >= 0.3 is 0 Å². The van der Waals surface area contributed by atoms with Crippen molar-refractivity contribution in [1.82, 2.24) is 15.1 Å². The molecule has 0 atom stereocenters. The standard InChI is InChI=1S/C24H21FN4O3/c1-3-7-15-8-4-5-9-17(15)24-28-22(29-32-24)18-13-12-16(14-20(18)31-2)26-23(30)19-10-6-11-21(25)27-19/h4-6,8-14H,3,7H2,1-2H3,(H,26,30). The minimum absolute atomic E-state index is 0.0263. The second-order valence-electron chi connectivity index (χ2n) is 7.05. The van der Waals surface area contributed by atoms with Gasteiger partial charge in [-0.1, -0.05) is 42.8 Å². The highest BCUT2D eigenvalue weighted by Gasteiger charge is 2.17. The molecule has 1 N–H and O–H groups in total. The third-order valence-corrected chi connectivity index (χ3v) is 4.84. The molecule has 162 valence electrons. The summed E-state index contributed by atoms with van der Waals surface area (Å²) in [6.07, 6.45) is 1.91. The Morgan fingerprint density at radius 2 is 1.91 bits per heavy atom. The number of rotatable bonds is 7. The molecule has 2 aromatic carbocycles. The summed E-state index contributed by atoms with van der Waals surface area (Å²) in [6.45, 7) is 2.12. The first-order chi connectivity index (χ1) is 15.6. The normalized spacial score (nSPS) is 10.7. The zero-order valence-corrected chi connectivity index (χ0v) is 17.6. The number of ether oxygens (including phenoxy) is 1. The van der Waals surface area contributed by atoms with Gasteiger partial charge in [0.2, 0.25) is 11.8 Å². The maximum atomic E-state index is 13.3. The number of carbonyl (C=O) groups is 1. The molecule has 32 heavy (non-hydrogen) atoms. The van der Waals surface area contributed by atoms with Gasteiger partial charge in [0.1, 0.15) is 11.4 Å². The van der Waals surface area contributed by atoms with Gasteiger partial charge in [0, 0.05) is 17.3 Å². The van der Waals surface area contributed by atoms with Crippen LogP contribution in [-0.2, 0) is 6.42 Å². The molecule has 1 amide bonds. The predicted octanol–water partition coefficient (Wildman–Crippen LogP) is 5.15. The number of aryl methyl sites for hydroxylation is 1. The van der Waals surface area contributed by atoms with Crippen molar-refractivity contribution in [2.75, 3.05) is 12.4 Å². The molecule has 0 saturated heterocycles. The first-order valence-corrected chi connectivity index (χ1v) is 10.1. The van der Waals surface area contributed by atoms with Gasteiger partial charge < -0.3 is 14.6 Å². The number of methoxy groups -OCH3 is 1. The highest BCUT2D eigenvalue weighted by molar-refractivity contribution is 6.03. The number of benzene rings is 2. The van der Waals surface area contributed by atoms with E-state index >= 15 is 0 Å². The van der Waals surface area contributed by atoms with E-state index in [1.807, 2.05) is 24.3 Å². The molecule has 0 bridgehead atoms. The molecular formula is C24H21FN4O3. The molecule has 2 aromatic heterocycles. The maximum absolute atomic E-state index is 13.3. The van der Waals surface area contributed by atoms with Crippen molar-refractivity contribution in [3.05, 3.63) is 77.9 Å². The van der Waals surface area contributed by atoms with Gasteiger partial charge in [-0.3, -0.25) is 4.79 Å². The summed E-state index contributed by atoms with van der Waals surface area (Å²) in [4.78, 5) is 20.5. The van der Waals surface area contributed by atoms with Crippen molar-refractivity contribution < 1.29 is 18.4 Å². The number of pyridine rings is 1. The molecule has 0 saturated carbocycles. The molecule has 0 radical (unpaired) electrons. The van der Waals surface area contributed by atoms with Crippen molar-refractivity contribution in [2.24, 2.45) is 0 Å². The van der Waals surface area contributed by atoms with Gasteiger partial charge in [0.25, 0.3) is 11.8 Å². The van der Waals surface area contributed by atoms with Crippen LogP contribution in [0.5, 0.6) is 5.75 Å². The van der Waals surface area contributed by atoms with E-state index in [1.165, 1.54) is 25.3 Å². The number of halogens is 1. The molecule has 4 aromatic rings. The molecule has 4 rings (SSSR count). The number of aromatic nitrogens is 3. The summed E-state index contributed by atoms with van der Waals surface area (Å²) in [7, 11) is 1.51. The van der Waals surface area contributed by atoms with E-state index in [2.05, 4.69) is 27.4 Å². The van der Waals surface area contributed by atoms with Crippen LogP contribution in [0.2, 0.25) is 0 Å². The Hall–Kier alpha value is -4.07. The molecule has 0 aliphatic carbocycles. The Morgan fingerprint density at radius 3 is 2.69 bits per heavy atom. The minimum Gasteiger partial charge on any atom is -0.496 e. The number of carbonyl (C=O) groups excluding carboxylic acids is 1. The number of anilines is 1. The van der Waals surface area contributed by atoms with Crippen LogP contribution in [0.1, 0.15) is 29.4 Å². The first kappa shape index (κ1) is 21.2. The van der Waals surface area contributed by atoms with Crippen molar-refractivity contribution in [3.8, 4) is 28.6 Å². The lowest BCUT2D eigenvalue weighted by Crippen LogP contribution is -2.14. The Morgan fingerprint density at radius 1 is 1.06 bits per heavy atom. The van der Waals surface area contributed by atoms with Crippen LogP contribution in [0.4, 0.5) is 10.1 Å². The van der Waals surface area contributed by atoms with E-state index in [0.29, 0.717) is 28.7 Å². The fourth-order valence-electron chi connectivity index (χ4n) is 3.34. The molecule has 0 spiro atoms. The Labute approximate surface area is 184 Å². The van der Waals surface area contributed by atoms with Crippen molar-refractivity contribution in [3.63, 3.8) is 0 Å². The first-order valence-electron chi connectivity index (χ1n) is 10.1. The van der Waals surface area contributed by atoms with Crippen molar-refractivity contribution >= 4 is 11.6 Å². The van der Waals surface area contributed by atoms with E-state index in [4.69, 9.17) is 9.26 Å². The van der Waals surface area contributed by atoms with E-state index in [1.54, 1.807) is 18.2 Å². The van der Waals surface area contributed by atoms with Crippen molar-refractivity contribution in [2.45, 2.75) is 19.8 Å². The summed E-state index contributed by atoms with van der Waals surface area (Å²) in [5.41, 5.74) is 3.08. The quantitative estimate of drug-likeness (QED) is 0.406. The molecule has 7 nitrogen and oxygen atoms in total. The SMILES string of the molecule is CCCc1ccccc1-c1nc(-c2ccc(NC(=O)c3cccc(F)n3)cc2OC)no1. The van der Waals surface area contributed by atoms with Crippen LogP contribution in [-0.4, -0.2) is 28.1 Å². The molecule has 0 fully saturated rings. The second kappa shape index (κ2) is 9.38. The van der Waals surface area contributed by atoms with E-state index in [0.717, 1.165) is 24.0 Å². The molecule has 0 aliphatic rings. The zero-order chi connectivity index (χ0) is 22.5. The largest absolute Gasteiger partial charge is 0.496 e. The van der Waals surface area contributed by atoms with Gasteiger partial charge in [-0.15, -0.1) is 0 Å². The van der Waals surface area contributed by atoms with Gasteiger partial charge in [-0.2, -0.15) is 9.37 Å². The van der Waals surface area contributed by atoms with Gasteiger partial charge in [0.15, 0.2) is 0 Å². The summed E-state index contributed by atoms with van der Waals surface area (Å²) < 4.78 is 24.3. The monoisotopic (exact) mass is 432 g/mol. The van der Waals surface area contributed by atoms with Crippen LogP contribution >= 0.6 is 0 Å². The number of nitrogens with zero attached hydrogens (tertiary/aromatic N) is 3. The zero-order valence-electron chi connectivity index (χ0n) is 17.6. The summed E-state index contributed by atoms with van der Waals surface area (Å²) in [6, 6.07) is 17.0. The second-order valence-corrected chi connectivity index (χ2v) is 7.05. The number of amides is 1. The number of nitrogens with one attached hydrogen (secondary N) is 1.